The van der Waals surface area contributed by atoms with Crippen LogP contribution in [0.2, 0.25) is 0 Å². The van der Waals surface area contributed by atoms with Gasteiger partial charge in [0.05, 0.1) is 31.6 Å². The van der Waals surface area contributed by atoms with E-state index in [4.69, 9.17) is 14.2 Å². The Morgan fingerprint density at radius 1 is 1.19 bits per heavy atom. The molecule has 26 heavy (non-hydrogen) atoms. The van der Waals surface area contributed by atoms with E-state index in [2.05, 4.69) is 0 Å². The summed E-state index contributed by atoms with van der Waals surface area (Å²) >= 11 is 1.47. The normalized spacial score (nSPS) is 17.8. The Balaban J connectivity index is 1.67. The molecule has 0 atom stereocenters. The first kappa shape index (κ1) is 17.1. The molecule has 1 amide bonds. The van der Waals surface area contributed by atoms with Crippen molar-refractivity contribution in [1.29, 1.82) is 0 Å². The molecular weight excluding hydrogens is 354 g/mol. The van der Waals surface area contributed by atoms with Gasteiger partial charge in [0.25, 0.3) is 5.91 Å². The van der Waals surface area contributed by atoms with Gasteiger partial charge >= 0.3 is 5.97 Å². The first-order valence-corrected chi connectivity index (χ1v) is 9.40. The summed E-state index contributed by atoms with van der Waals surface area (Å²) in [4.78, 5) is 27.7. The van der Waals surface area contributed by atoms with Gasteiger partial charge in [0.15, 0.2) is 11.5 Å². The van der Waals surface area contributed by atoms with Crippen LogP contribution in [0.3, 0.4) is 0 Å². The highest BCUT2D eigenvalue weighted by molar-refractivity contribution is 7.21. The van der Waals surface area contributed by atoms with Gasteiger partial charge in [0, 0.05) is 34.8 Å². The molecule has 138 valence electrons. The zero-order valence-electron chi connectivity index (χ0n) is 15.1. The predicted octanol–water partition coefficient (Wildman–Crippen LogP) is 3.22. The summed E-state index contributed by atoms with van der Waals surface area (Å²) in [5.41, 5.74) is 0.477. The molecule has 1 saturated carbocycles. The van der Waals surface area contributed by atoms with Crippen LogP contribution >= 0.6 is 11.3 Å². The van der Waals surface area contributed by atoms with Crippen molar-refractivity contribution in [2.24, 2.45) is 5.41 Å². The van der Waals surface area contributed by atoms with Crippen molar-refractivity contribution in [2.45, 2.75) is 25.8 Å². The summed E-state index contributed by atoms with van der Waals surface area (Å²) in [6.07, 6.45) is 2.56. The maximum absolute atomic E-state index is 12.9. The zero-order chi connectivity index (χ0) is 18.5. The number of methoxy groups -OCH3 is 3. The van der Waals surface area contributed by atoms with Crippen LogP contribution in [0.15, 0.2) is 12.1 Å². The van der Waals surface area contributed by atoms with Crippen LogP contribution in [0.1, 0.15) is 34.5 Å². The molecule has 4 rings (SSSR count). The SMILES string of the molecule is COC(=O)C1(CN2Cc3c(sc4cc(OC)c(OC)cc34)C2=O)CCC1. The fraction of sp³-hybridized carbons (Fsp3) is 0.474. The van der Waals surface area contributed by atoms with Crippen molar-refractivity contribution in [1.82, 2.24) is 4.90 Å². The van der Waals surface area contributed by atoms with Crippen molar-refractivity contribution in [3.63, 3.8) is 0 Å². The van der Waals surface area contributed by atoms with Gasteiger partial charge in [-0.1, -0.05) is 6.42 Å². The Labute approximate surface area is 155 Å². The van der Waals surface area contributed by atoms with Crippen molar-refractivity contribution in [2.75, 3.05) is 27.9 Å². The van der Waals surface area contributed by atoms with Gasteiger partial charge in [-0.25, -0.2) is 0 Å². The van der Waals surface area contributed by atoms with Crippen LogP contribution in [0.5, 0.6) is 11.5 Å². The van der Waals surface area contributed by atoms with Crippen LogP contribution in [0, 0.1) is 5.41 Å². The molecule has 1 aliphatic carbocycles. The molecule has 1 aromatic carbocycles. The summed E-state index contributed by atoms with van der Waals surface area (Å²) in [6, 6.07) is 3.84. The smallest absolute Gasteiger partial charge is 0.313 e. The molecule has 0 saturated heterocycles. The minimum Gasteiger partial charge on any atom is -0.493 e. The molecule has 6 nitrogen and oxygen atoms in total. The number of amides is 1. The second-order valence-corrected chi connectivity index (χ2v) is 7.95. The Bertz CT molecular complexity index is 899. The van der Waals surface area contributed by atoms with Crippen LogP contribution in [-0.2, 0) is 16.1 Å². The van der Waals surface area contributed by atoms with Gasteiger partial charge in [0.1, 0.15) is 0 Å². The minimum absolute atomic E-state index is 0.00527. The molecule has 1 aromatic heterocycles. The zero-order valence-corrected chi connectivity index (χ0v) is 15.9. The number of nitrogens with zero attached hydrogens (tertiary/aromatic N) is 1. The third kappa shape index (κ3) is 2.37. The van der Waals surface area contributed by atoms with E-state index in [0.717, 1.165) is 39.8 Å². The number of ether oxygens (including phenoxy) is 3. The quantitative estimate of drug-likeness (QED) is 0.751. The lowest BCUT2D eigenvalue weighted by Gasteiger charge is -2.41. The standard InChI is InChI=1S/C19H21NO5S/c1-23-13-7-11-12-9-20(10-19(5-4-6-19)18(22)25-3)17(21)16(12)26-15(11)8-14(13)24-2/h7-8H,4-6,9-10H2,1-3H3. The number of rotatable bonds is 5. The van der Waals surface area contributed by atoms with E-state index in [1.165, 1.54) is 18.4 Å². The van der Waals surface area contributed by atoms with Crippen molar-refractivity contribution >= 4 is 33.3 Å². The molecule has 0 bridgehead atoms. The van der Waals surface area contributed by atoms with Gasteiger partial charge in [-0.2, -0.15) is 0 Å². The lowest BCUT2D eigenvalue weighted by atomic mass is 9.68. The largest absolute Gasteiger partial charge is 0.493 e. The lowest BCUT2D eigenvalue weighted by molar-refractivity contribution is -0.159. The molecular formula is C19H21NO5S. The molecule has 1 fully saturated rings. The van der Waals surface area contributed by atoms with Crippen molar-refractivity contribution in [3.05, 3.63) is 22.6 Å². The second kappa shape index (κ2) is 6.16. The van der Waals surface area contributed by atoms with Crippen LogP contribution in [-0.4, -0.2) is 44.7 Å². The minimum atomic E-state index is -0.532. The third-order valence-corrected chi connectivity index (χ3v) is 6.73. The topological polar surface area (TPSA) is 65.1 Å². The van der Waals surface area contributed by atoms with E-state index in [9.17, 15) is 9.59 Å². The molecule has 0 spiro atoms. The molecule has 2 aromatic rings. The first-order chi connectivity index (χ1) is 12.5. The number of esters is 1. The number of hydrogen-bond acceptors (Lipinski definition) is 6. The van der Waals surface area contributed by atoms with E-state index >= 15 is 0 Å². The van der Waals surface area contributed by atoms with E-state index in [0.29, 0.717) is 24.6 Å². The summed E-state index contributed by atoms with van der Waals surface area (Å²) < 4.78 is 16.7. The number of carbonyl (C=O) groups excluding carboxylic acids is 2. The van der Waals surface area contributed by atoms with Crippen LogP contribution in [0.4, 0.5) is 0 Å². The number of benzene rings is 1. The number of carbonyl (C=O) groups is 2. The van der Waals surface area contributed by atoms with Crippen molar-refractivity contribution < 1.29 is 23.8 Å². The maximum atomic E-state index is 12.9. The van der Waals surface area contributed by atoms with Gasteiger partial charge in [-0.05, 0) is 18.9 Å². The van der Waals surface area contributed by atoms with Crippen LogP contribution in [0.25, 0.3) is 10.1 Å². The number of thiophene rings is 1. The highest BCUT2D eigenvalue weighted by Crippen LogP contribution is 2.46. The molecule has 1 aliphatic heterocycles. The van der Waals surface area contributed by atoms with E-state index in [1.54, 1.807) is 19.1 Å². The van der Waals surface area contributed by atoms with Crippen molar-refractivity contribution in [3.8, 4) is 11.5 Å². The fourth-order valence-corrected chi connectivity index (χ4v) is 5.14. The fourth-order valence-electron chi connectivity index (χ4n) is 3.95. The molecule has 2 heterocycles. The Morgan fingerprint density at radius 3 is 2.46 bits per heavy atom. The Hall–Kier alpha value is -2.28. The van der Waals surface area contributed by atoms with Gasteiger partial charge < -0.3 is 19.1 Å². The molecule has 7 heteroatoms. The summed E-state index contributed by atoms with van der Waals surface area (Å²) in [5.74, 6) is 1.09. The maximum Gasteiger partial charge on any atom is 0.313 e. The molecule has 2 aliphatic rings. The summed E-state index contributed by atoms with van der Waals surface area (Å²) in [6.45, 7) is 0.942. The van der Waals surface area contributed by atoms with Crippen LogP contribution < -0.4 is 9.47 Å². The number of fused-ring (bicyclic) bond motifs is 3. The lowest BCUT2D eigenvalue weighted by Crippen LogP contribution is -2.48. The monoisotopic (exact) mass is 375 g/mol. The van der Waals surface area contributed by atoms with E-state index in [1.807, 2.05) is 12.1 Å². The molecule has 0 unspecified atom stereocenters. The van der Waals surface area contributed by atoms with Gasteiger partial charge in [-0.3, -0.25) is 9.59 Å². The average molecular weight is 375 g/mol. The van der Waals surface area contributed by atoms with E-state index in [-0.39, 0.29) is 11.9 Å². The second-order valence-electron chi connectivity index (χ2n) is 6.90. The highest BCUT2D eigenvalue weighted by Gasteiger charge is 2.48. The predicted molar refractivity (Wildman–Crippen MR) is 98.0 cm³/mol. The summed E-state index contributed by atoms with van der Waals surface area (Å²) in [7, 11) is 4.62. The Morgan fingerprint density at radius 2 is 1.88 bits per heavy atom. The van der Waals surface area contributed by atoms with Gasteiger partial charge in [0.2, 0.25) is 0 Å². The molecule has 0 radical (unpaired) electrons. The first-order valence-electron chi connectivity index (χ1n) is 8.58. The van der Waals surface area contributed by atoms with Gasteiger partial charge in [-0.15, -0.1) is 11.3 Å². The average Bonchev–Trinajstić information content (AvgIpc) is 3.12. The third-order valence-electron chi connectivity index (χ3n) is 5.55. The molecule has 0 N–H and O–H groups in total. The Kier molecular flexibility index (Phi) is 4.06. The van der Waals surface area contributed by atoms with E-state index < -0.39 is 5.41 Å². The number of hydrogen-bond donors (Lipinski definition) is 0. The highest BCUT2D eigenvalue weighted by atomic mass is 32.1. The summed E-state index contributed by atoms with van der Waals surface area (Å²) in [5, 5.41) is 1.01.